The molecule has 6 nitrogen and oxygen atoms in total. The van der Waals surface area contributed by atoms with E-state index in [2.05, 4.69) is 5.32 Å². The first-order valence-corrected chi connectivity index (χ1v) is 7.04. The highest BCUT2D eigenvalue weighted by Gasteiger charge is 2.33. The highest BCUT2D eigenvalue weighted by molar-refractivity contribution is 7.90. The van der Waals surface area contributed by atoms with Gasteiger partial charge in [0.1, 0.15) is 15.9 Å². The van der Waals surface area contributed by atoms with Crippen LogP contribution in [-0.4, -0.2) is 55.8 Å². The van der Waals surface area contributed by atoms with Crippen molar-refractivity contribution >= 4 is 21.7 Å². The number of amides is 2. The zero-order valence-electron chi connectivity index (χ0n) is 9.56. The Morgan fingerprint density at radius 2 is 2.06 bits per heavy atom. The first kappa shape index (κ1) is 13.0. The van der Waals surface area contributed by atoms with Gasteiger partial charge in [-0.1, -0.05) is 0 Å². The van der Waals surface area contributed by atoms with Crippen LogP contribution in [0.2, 0.25) is 0 Å². The minimum atomic E-state index is -3.16. The van der Waals surface area contributed by atoms with Gasteiger partial charge in [-0.05, 0) is 13.8 Å². The summed E-state index contributed by atoms with van der Waals surface area (Å²) in [6, 6.07) is -1.06. The van der Waals surface area contributed by atoms with Crippen molar-refractivity contribution in [3.05, 3.63) is 0 Å². The molecule has 2 unspecified atom stereocenters. The van der Waals surface area contributed by atoms with Gasteiger partial charge in [0.15, 0.2) is 0 Å². The molecule has 0 aromatic heterocycles. The molecule has 92 valence electrons. The molecule has 0 saturated carbocycles. The average molecular weight is 248 g/mol. The number of hydrogen-bond donors (Lipinski definition) is 1. The fourth-order valence-electron chi connectivity index (χ4n) is 1.73. The number of carbonyl (C=O) groups excluding carboxylic acids is 2. The predicted octanol–water partition coefficient (Wildman–Crippen LogP) is -1.23. The van der Waals surface area contributed by atoms with E-state index < -0.39 is 21.9 Å². The number of rotatable bonds is 3. The molecule has 0 aromatic carbocycles. The van der Waals surface area contributed by atoms with E-state index in [-0.39, 0.29) is 24.1 Å². The van der Waals surface area contributed by atoms with Gasteiger partial charge in [-0.25, -0.2) is 8.42 Å². The summed E-state index contributed by atoms with van der Waals surface area (Å²) in [7, 11) is -3.16. The van der Waals surface area contributed by atoms with Gasteiger partial charge in [-0.15, -0.1) is 0 Å². The van der Waals surface area contributed by atoms with E-state index >= 15 is 0 Å². The van der Waals surface area contributed by atoms with Crippen LogP contribution >= 0.6 is 0 Å². The topological polar surface area (TPSA) is 83.6 Å². The molecule has 0 radical (unpaired) electrons. The Balaban J connectivity index is 2.78. The number of piperazine rings is 1. The van der Waals surface area contributed by atoms with Crippen molar-refractivity contribution in [2.75, 3.05) is 18.6 Å². The molecule has 1 saturated heterocycles. The third kappa shape index (κ3) is 3.19. The summed E-state index contributed by atoms with van der Waals surface area (Å²) in [5, 5.41) is 2.50. The van der Waals surface area contributed by atoms with Gasteiger partial charge < -0.3 is 10.2 Å². The van der Waals surface area contributed by atoms with Crippen LogP contribution in [0, 0.1) is 0 Å². The Labute approximate surface area is 94.9 Å². The van der Waals surface area contributed by atoms with E-state index in [1.54, 1.807) is 13.8 Å². The smallest absolute Gasteiger partial charge is 0.245 e. The lowest BCUT2D eigenvalue weighted by Crippen LogP contribution is -2.60. The normalized spacial score (nSPS) is 24.2. The molecule has 0 bridgehead atoms. The number of hydrogen-bond acceptors (Lipinski definition) is 4. The van der Waals surface area contributed by atoms with Gasteiger partial charge >= 0.3 is 0 Å². The molecule has 1 rings (SSSR count). The van der Waals surface area contributed by atoms with Crippen LogP contribution in [0.4, 0.5) is 0 Å². The summed E-state index contributed by atoms with van der Waals surface area (Å²) in [6.45, 7) is 3.14. The van der Waals surface area contributed by atoms with Gasteiger partial charge in [0.25, 0.3) is 0 Å². The van der Waals surface area contributed by atoms with Crippen molar-refractivity contribution in [1.29, 1.82) is 0 Å². The van der Waals surface area contributed by atoms with E-state index in [0.29, 0.717) is 0 Å². The van der Waals surface area contributed by atoms with Crippen molar-refractivity contribution in [2.24, 2.45) is 0 Å². The molecular formula is C9H16N2O4S. The van der Waals surface area contributed by atoms with Crippen LogP contribution in [-0.2, 0) is 19.4 Å². The van der Waals surface area contributed by atoms with E-state index in [4.69, 9.17) is 0 Å². The van der Waals surface area contributed by atoms with Crippen LogP contribution in [0.3, 0.4) is 0 Å². The summed E-state index contributed by atoms with van der Waals surface area (Å²) in [6.07, 6.45) is 1.11. The van der Waals surface area contributed by atoms with Crippen LogP contribution in [0.25, 0.3) is 0 Å². The molecule has 0 aromatic rings. The van der Waals surface area contributed by atoms with Crippen molar-refractivity contribution in [2.45, 2.75) is 25.9 Å². The SMILES string of the molecule is CC1NC(=O)CN(C(C)CS(C)(=O)=O)C1=O. The number of nitrogens with one attached hydrogen (secondary N) is 1. The monoisotopic (exact) mass is 248 g/mol. The Kier molecular flexibility index (Phi) is 3.57. The van der Waals surface area contributed by atoms with Gasteiger partial charge in [0.2, 0.25) is 11.8 Å². The van der Waals surface area contributed by atoms with E-state index in [1.807, 2.05) is 0 Å². The van der Waals surface area contributed by atoms with Crippen LogP contribution < -0.4 is 5.32 Å². The lowest BCUT2D eigenvalue weighted by atomic mass is 10.2. The molecule has 7 heteroatoms. The molecule has 1 heterocycles. The van der Waals surface area contributed by atoms with Crippen LogP contribution in [0.5, 0.6) is 0 Å². The largest absolute Gasteiger partial charge is 0.343 e. The third-order valence-electron chi connectivity index (χ3n) is 2.42. The maximum absolute atomic E-state index is 11.7. The minimum absolute atomic E-state index is 0.0696. The molecular weight excluding hydrogens is 232 g/mol. The third-order valence-corrected chi connectivity index (χ3v) is 3.51. The lowest BCUT2D eigenvalue weighted by Gasteiger charge is -2.34. The summed E-state index contributed by atoms with van der Waals surface area (Å²) in [5.41, 5.74) is 0. The second-order valence-corrected chi connectivity index (χ2v) is 6.38. The Morgan fingerprint density at radius 1 is 1.50 bits per heavy atom. The zero-order chi connectivity index (χ0) is 12.5. The predicted molar refractivity (Wildman–Crippen MR) is 58.5 cm³/mol. The van der Waals surface area contributed by atoms with Gasteiger partial charge in [0, 0.05) is 12.3 Å². The van der Waals surface area contributed by atoms with Crippen LogP contribution in [0.1, 0.15) is 13.8 Å². The van der Waals surface area contributed by atoms with E-state index in [0.717, 1.165) is 6.26 Å². The molecule has 0 spiro atoms. The highest BCUT2D eigenvalue weighted by Crippen LogP contribution is 2.08. The maximum Gasteiger partial charge on any atom is 0.245 e. The first-order valence-electron chi connectivity index (χ1n) is 4.98. The fraction of sp³-hybridized carbons (Fsp3) is 0.778. The lowest BCUT2D eigenvalue weighted by molar-refractivity contribution is -0.145. The quantitative estimate of drug-likeness (QED) is 0.677. The number of sulfone groups is 1. The van der Waals surface area contributed by atoms with E-state index in [1.165, 1.54) is 4.90 Å². The van der Waals surface area contributed by atoms with Crippen molar-refractivity contribution in [3.8, 4) is 0 Å². The number of nitrogens with zero attached hydrogens (tertiary/aromatic N) is 1. The van der Waals surface area contributed by atoms with Crippen LogP contribution in [0.15, 0.2) is 0 Å². The van der Waals surface area contributed by atoms with Crippen molar-refractivity contribution in [3.63, 3.8) is 0 Å². The highest BCUT2D eigenvalue weighted by atomic mass is 32.2. The Morgan fingerprint density at radius 3 is 2.56 bits per heavy atom. The summed E-state index contributed by atoms with van der Waals surface area (Å²) < 4.78 is 22.2. The van der Waals surface area contributed by atoms with Crippen molar-refractivity contribution < 1.29 is 18.0 Å². The second-order valence-electron chi connectivity index (χ2n) is 4.20. The fourth-order valence-corrected chi connectivity index (χ4v) is 2.79. The summed E-state index contributed by atoms with van der Waals surface area (Å²) in [4.78, 5) is 24.3. The van der Waals surface area contributed by atoms with E-state index in [9.17, 15) is 18.0 Å². The molecule has 1 N–H and O–H groups in total. The average Bonchev–Trinajstić information content (AvgIpc) is 2.08. The maximum atomic E-state index is 11.7. The summed E-state index contributed by atoms with van der Waals surface area (Å²) >= 11 is 0. The Bertz CT molecular complexity index is 404. The number of carbonyl (C=O) groups is 2. The molecule has 1 aliphatic heterocycles. The summed E-state index contributed by atoms with van der Waals surface area (Å²) in [5.74, 6) is -0.623. The standard InChI is InChI=1S/C9H16N2O4S/c1-6(5-16(3,14)15)11-4-8(12)10-7(2)9(11)13/h6-7H,4-5H2,1-3H3,(H,10,12). The van der Waals surface area contributed by atoms with Gasteiger partial charge in [-0.3, -0.25) is 9.59 Å². The first-order chi connectivity index (χ1) is 7.20. The zero-order valence-corrected chi connectivity index (χ0v) is 10.4. The molecule has 16 heavy (non-hydrogen) atoms. The molecule has 1 fully saturated rings. The van der Waals surface area contributed by atoms with Gasteiger partial charge in [0.05, 0.1) is 12.3 Å². The molecule has 2 amide bonds. The van der Waals surface area contributed by atoms with Gasteiger partial charge in [-0.2, -0.15) is 0 Å². The van der Waals surface area contributed by atoms with Crippen molar-refractivity contribution in [1.82, 2.24) is 10.2 Å². The minimum Gasteiger partial charge on any atom is -0.343 e. The molecule has 1 aliphatic rings. The Hall–Kier alpha value is -1.11. The molecule has 2 atom stereocenters. The second kappa shape index (κ2) is 4.40. The molecule has 0 aliphatic carbocycles.